The highest BCUT2D eigenvalue weighted by Crippen LogP contribution is 2.18. The molecule has 0 aliphatic carbocycles. The topological polar surface area (TPSA) is 26.7 Å². The fourth-order valence-corrected chi connectivity index (χ4v) is 2.84. The molecule has 2 aromatic rings. The lowest BCUT2D eigenvalue weighted by molar-refractivity contribution is 0.156. The summed E-state index contributed by atoms with van der Waals surface area (Å²) in [6.45, 7) is 3.51. The number of rotatable bonds is 10. The number of benzene rings is 2. The maximum atomic E-state index is 12.9. The standard InChI is InChI=1S/C21H28F2N2O.2ClH/c1-24(13-3-4-21(26)18-7-11-20(23)12-8-18)14-15-25(2)16-17-5-9-19(22)10-6-17;;/h5-12,21,26H,3-4,13-16H2,1-2H3;2*1H. The third-order valence-electron chi connectivity index (χ3n) is 4.50. The van der Waals surface area contributed by atoms with E-state index in [0.717, 1.165) is 43.7 Å². The summed E-state index contributed by atoms with van der Waals surface area (Å²) >= 11 is 0. The second-order valence-corrected chi connectivity index (χ2v) is 6.88. The molecule has 1 N–H and O–H groups in total. The fraction of sp³-hybridized carbons (Fsp3) is 0.429. The molecule has 0 radical (unpaired) electrons. The Balaban J connectivity index is 0.00000364. The van der Waals surface area contributed by atoms with Crippen LogP contribution in [0.4, 0.5) is 8.78 Å². The Hall–Kier alpha value is -1.24. The van der Waals surface area contributed by atoms with Crippen molar-refractivity contribution in [3.63, 3.8) is 0 Å². The van der Waals surface area contributed by atoms with Gasteiger partial charge in [0.05, 0.1) is 6.10 Å². The molecular weight excluding hydrogens is 405 g/mol. The summed E-state index contributed by atoms with van der Waals surface area (Å²) in [6, 6.07) is 12.6. The number of hydrogen-bond acceptors (Lipinski definition) is 3. The normalized spacial score (nSPS) is 11.8. The van der Waals surface area contributed by atoms with Gasteiger partial charge >= 0.3 is 0 Å². The van der Waals surface area contributed by atoms with E-state index in [1.807, 2.05) is 12.1 Å². The van der Waals surface area contributed by atoms with Gasteiger partial charge in [-0.3, -0.25) is 0 Å². The van der Waals surface area contributed by atoms with Crippen LogP contribution in [0.1, 0.15) is 30.1 Å². The van der Waals surface area contributed by atoms with Gasteiger partial charge in [-0.05, 0) is 68.9 Å². The Kier molecular flexibility index (Phi) is 13.2. The number of aliphatic hydroxyl groups excluding tert-OH is 1. The van der Waals surface area contributed by atoms with Crippen LogP contribution < -0.4 is 0 Å². The molecule has 0 aliphatic heterocycles. The zero-order valence-corrected chi connectivity index (χ0v) is 18.0. The predicted molar refractivity (Wildman–Crippen MR) is 115 cm³/mol. The molecule has 2 rings (SSSR count). The van der Waals surface area contributed by atoms with Gasteiger partial charge in [0.1, 0.15) is 11.6 Å². The molecule has 0 heterocycles. The average molecular weight is 435 g/mol. The first-order valence-electron chi connectivity index (χ1n) is 8.99. The van der Waals surface area contributed by atoms with Crippen molar-refractivity contribution < 1.29 is 13.9 Å². The van der Waals surface area contributed by atoms with E-state index in [-0.39, 0.29) is 36.4 Å². The predicted octanol–water partition coefficient (Wildman–Crippen LogP) is 4.69. The molecule has 0 aliphatic rings. The van der Waals surface area contributed by atoms with Crippen molar-refractivity contribution in [3.05, 3.63) is 71.3 Å². The first-order chi connectivity index (χ1) is 12.4. The van der Waals surface area contributed by atoms with Gasteiger partial charge in [0.2, 0.25) is 0 Å². The Bertz CT molecular complexity index is 656. The molecular formula is C21H30Cl2F2N2O. The molecule has 7 heteroatoms. The van der Waals surface area contributed by atoms with Gasteiger partial charge < -0.3 is 14.9 Å². The quantitative estimate of drug-likeness (QED) is 0.587. The second-order valence-electron chi connectivity index (χ2n) is 6.88. The minimum atomic E-state index is -0.551. The maximum Gasteiger partial charge on any atom is 0.123 e. The minimum Gasteiger partial charge on any atom is -0.388 e. The van der Waals surface area contributed by atoms with Gasteiger partial charge in [-0.15, -0.1) is 24.8 Å². The lowest BCUT2D eigenvalue weighted by atomic mass is 10.0. The van der Waals surface area contributed by atoms with E-state index in [2.05, 4.69) is 23.9 Å². The number of halogens is 4. The van der Waals surface area contributed by atoms with E-state index in [0.29, 0.717) is 6.42 Å². The Morgan fingerprint density at radius 3 is 1.86 bits per heavy atom. The molecule has 2 aromatic carbocycles. The number of likely N-dealkylation sites (N-methyl/N-ethyl adjacent to an activating group) is 2. The zero-order chi connectivity index (χ0) is 18.9. The van der Waals surface area contributed by atoms with Crippen molar-refractivity contribution in [2.45, 2.75) is 25.5 Å². The van der Waals surface area contributed by atoms with E-state index in [9.17, 15) is 13.9 Å². The van der Waals surface area contributed by atoms with Gasteiger partial charge in [-0.2, -0.15) is 0 Å². The molecule has 0 bridgehead atoms. The fourth-order valence-electron chi connectivity index (χ4n) is 2.84. The van der Waals surface area contributed by atoms with Crippen LogP contribution in [0.2, 0.25) is 0 Å². The average Bonchev–Trinajstić information content (AvgIpc) is 2.62. The highest BCUT2D eigenvalue weighted by atomic mass is 35.5. The molecule has 0 saturated heterocycles. The molecule has 0 aromatic heterocycles. The lowest BCUT2D eigenvalue weighted by Crippen LogP contribution is -2.31. The third kappa shape index (κ3) is 9.80. The van der Waals surface area contributed by atoms with Crippen molar-refractivity contribution in [3.8, 4) is 0 Å². The summed E-state index contributed by atoms with van der Waals surface area (Å²) < 4.78 is 25.8. The van der Waals surface area contributed by atoms with Crippen molar-refractivity contribution >= 4 is 24.8 Å². The first-order valence-corrected chi connectivity index (χ1v) is 8.99. The summed E-state index contributed by atoms with van der Waals surface area (Å²) in [4.78, 5) is 4.44. The van der Waals surface area contributed by atoms with Gasteiger partial charge in [0.15, 0.2) is 0 Å². The van der Waals surface area contributed by atoms with E-state index < -0.39 is 6.10 Å². The minimum absolute atomic E-state index is 0. The molecule has 0 amide bonds. The molecule has 0 saturated carbocycles. The van der Waals surface area contributed by atoms with Gasteiger partial charge in [-0.25, -0.2) is 8.78 Å². The number of aliphatic hydroxyl groups is 1. The molecule has 28 heavy (non-hydrogen) atoms. The molecule has 0 fully saturated rings. The van der Waals surface area contributed by atoms with Crippen molar-refractivity contribution in [2.24, 2.45) is 0 Å². The summed E-state index contributed by atoms with van der Waals surface area (Å²) in [6.07, 6.45) is 0.975. The summed E-state index contributed by atoms with van der Waals surface area (Å²) in [5.74, 6) is -0.496. The monoisotopic (exact) mass is 434 g/mol. The maximum absolute atomic E-state index is 12.9. The number of nitrogens with zero attached hydrogens (tertiary/aromatic N) is 2. The van der Waals surface area contributed by atoms with E-state index in [1.165, 1.54) is 24.3 Å². The first kappa shape index (κ1) is 26.8. The summed E-state index contributed by atoms with van der Waals surface area (Å²) in [5.41, 5.74) is 1.85. The molecule has 1 unspecified atom stereocenters. The van der Waals surface area contributed by atoms with Crippen LogP contribution in [0.15, 0.2) is 48.5 Å². The smallest absolute Gasteiger partial charge is 0.123 e. The number of hydrogen-bond donors (Lipinski definition) is 1. The van der Waals surface area contributed by atoms with Crippen molar-refractivity contribution in [1.29, 1.82) is 0 Å². The van der Waals surface area contributed by atoms with Crippen LogP contribution in [-0.2, 0) is 6.54 Å². The Morgan fingerprint density at radius 1 is 0.786 bits per heavy atom. The van der Waals surface area contributed by atoms with Crippen LogP contribution in [0.25, 0.3) is 0 Å². The van der Waals surface area contributed by atoms with E-state index >= 15 is 0 Å². The summed E-state index contributed by atoms with van der Waals surface area (Å²) in [5, 5.41) is 10.2. The molecule has 0 spiro atoms. The molecule has 3 nitrogen and oxygen atoms in total. The highest BCUT2D eigenvalue weighted by molar-refractivity contribution is 5.85. The molecule has 158 valence electrons. The Labute approximate surface area is 179 Å². The summed E-state index contributed by atoms with van der Waals surface area (Å²) in [7, 11) is 4.12. The van der Waals surface area contributed by atoms with Crippen LogP contribution in [0.3, 0.4) is 0 Å². The van der Waals surface area contributed by atoms with E-state index in [1.54, 1.807) is 12.1 Å². The van der Waals surface area contributed by atoms with Gasteiger partial charge in [0, 0.05) is 19.6 Å². The second kappa shape index (κ2) is 13.9. The van der Waals surface area contributed by atoms with Gasteiger partial charge in [0.25, 0.3) is 0 Å². The van der Waals surface area contributed by atoms with Crippen LogP contribution in [-0.4, -0.2) is 48.6 Å². The largest absolute Gasteiger partial charge is 0.388 e. The van der Waals surface area contributed by atoms with Crippen molar-refractivity contribution in [1.82, 2.24) is 9.80 Å². The SMILES string of the molecule is CN(CCCC(O)c1ccc(F)cc1)CCN(C)Cc1ccc(F)cc1.Cl.Cl. The third-order valence-corrected chi connectivity index (χ3v) is 4.50. The van der Waals surface area contributed by atoms with E-state index in [4.69, 9.17) is 0 Å². The lowest BCUT2D eigenvalue weighted by Gasteiger charge is -2.22. The van der Waals surface area contributed by atoms with Crippen LogP contribution in [0.5, 0.6) is 0 Å². The van der Waals surface area contributed by atoms with Crippen molar-refractivity contribution in [2.75, 3.05) is 33.7 Å². The highest BCUT2D eigenvalue weighted by Gasteiger charge is 2.09. The Morgan fingerprint density at radius 2 is 1.29 bits per heavy atom. The van der Waals surface area contributed by atoms with Crippen LogP contribution >= 0.6 is 24.8 Å². The zero-order valence-electron chi connectivity index (χ0n) is 16.4. The van der Waals surface area contributed by atoms with Crippen LogP contribution in [0, 0.1) is 11.6 Å². The molecule has 1 atom stereocenters. The van der Waals surface area contributed by atoms with Gasteiger partial charge in [-0.1, -0.05) is 24.3 Å².